The van der Waals surface area contributed by atoms with Gasteiger partial charge in [0.2, 0.25) is 0 Å². The average Bonchev–Trinajstić information content (AvgIpc) is 2.37. The van der Waals surface area contributed by atoms with Gasteiger partial charge in [-0.05, 0) is 44.8 Å². The summed E-state index contributed by atoms with van der Waals surface area (Å²) < 4.78 is 0.0393. The van der Waals surface area contributed by atoms with Crippen LogP contribution in [0.25, 0.3) is 0 Å². The summed E-state index contributed by atoms with van der Waals surface area (Å²) in [6.45, 7) is 5.69. The van der Waals surface area contributed by atoms with Crippen molar-refractivity contribution in [2.24, 2.45) is 0 Å². The van der Waals surface area contributed by atoms with E-state index in [-0.39, 0.29) is 10.7 Å². The van der Waals surface area contributed by atoms with Crippen LogP contribution in [0.15, 0.2) is 24.3 Å². The standard InChI is InChI=1S/C14H22N2OS2/c1-14(2,19-18-4)10-16-13(17)12-7-5-6-11(8-12)9-15-3/h5-8,15H,9-10H2,1-4H3,(H,16,17). The van der Waals surface area contributed by atoms with Crippen molar-refractivity contribution in [3.05, 3.63) is 35.4 Å². The highest BCUT2D eigenvalue weighted by molar-refractivity contribution is 8.76. The lowest BCUT2D eigenvalue weighted by atomic mass is 10.1. The Bertz CT molecular complexity index is 422. The third kappa shape index (κ3) is 5.89. The van der Waals surface area contributed by atoms with E-state index >= 15 is 0 Å². The molecule has 0 aliphatic heterocycles. The summed E-state index contributed by atoms with van der Waals surface area (Å²) in [5.74, 6) is -0.00673. The van der Waals surface area contributed by atoms with Crippen LogP contribution in [0.4, 0.5) is 0 Å². The lowest BCUT2D eigenvalue weighted by Gasteiger charge is -2.22. The molecule has 0 bridgehead atoms. The van der Waals surface area contributed by atoms with Crippen molar-refractivity contribution in [3.63, 3.8) is 0 Å². The first-order chi connectivity index (χ1) is 8.98. The Labute approximate surface area is 123 Å². The van der Waals surface area contributed by atoms with Crippen LogP contribution in [0.2, 0.25) is 0 Å². The predicted molar refractivity (Wildman–Crippen MR) is 86.7 cm³/mol. The van der Waals surface area contributed by atoms with Gasteiger partial charge in [-0.25, -0.2) is 0 Å². The van der Waals surface area contributed by atoms with Gasteiger partial charge in [0.05, 0.1) is 0 Å². The molecule has 0 heterocycles. The molecule has 0 saturated carbocycles. The minimum atomic E-state index is -0.00673. The highest BCUT2D eigenvalue weighted by Crippen LogP contribution is 2.32. The first-order valence-corrected chi connectivity index (χ1v) is 8.78. The molecule has 0 aliphatic carbocycles. The SMILES string of the molecule is CNCc1cccc(C(=O)NCC(C)(C)SSC)c1. The van der Waals surface area contributed by atoms with Crippen molar-refractivity contribution in [2.75, 3.05) is 19.8 Å². The molecule has 1 amide bonds. The van der Waals surface area contributed by atoms with Crippen LogP contribution < -0.4 is 10.6 Å². The number of nitrogens with one attached hydrogen (secondary N) is 2. The lowest BCUT2D eigenvalue weighted by molar-refractivity contribution is 0.0950. The van der Waals surface area contributed by atoms with Crippen molar-refractivity contribution < 1.29 is 4.79 Å². The maximum atomic E-state index is 12.1. The van der Waals surface area contributed by atoms with Gasteiger partial charge in [0.1, 0.15) is 0 Å². The number of hydrogen-bond acceptors (Lipinski definition) is 4. The van der Waals surface area contributed by atoms with Crippen LogP contribution >= 0.6 is 21.6 Å². The third-order valence-electron chi connectivity index (χ3n) is 2.55. The van der Waals surface area contributed by atoms with Gasteiger partial charge >= 0.3 is 0 Å². The second-order valence-corrected chi connectivity index (χ2v) is 8.03. The van der Waals surface area contributed by atoms with Gasteiger partial charge < -0.3 is 10.6 Å². The molecular weight excluding hydrogens is 276 g/mol. The summed E-state index contributed by atoms with van der Waals surface area (Å²) >= 11 is 0. The molecule has 0 atom stereocenters. The highest BCUT2D eigenvalue weighted by atomic mass is 33.1. The van der Waals surface area contributed by atoms with E-state index in [4.69, 9.17) is 0 Å². The van der Waals surface area contributed by atoms with E-state index in [0.717, 1.165) is 17.7 Å². The quantitative estimate of drug-likeness (QED) is 0.760. The second-order valence-electron chi connectivity index (χ2n) is 4.92. The summed E-state index contributed by atoms with van der Waals surface area (Å²) in [7, 11) is 5.39. The fourth-order valence-corrected chi connectivity index (χ4v) is 3.79. The van der Waals surface area contributed by atoms with E-state index in [1.165, 1.54) is 0 Å². The molecule has 1 aromatic rings. The van der Waals surface area contributed by atoms with Crippen molar-refractivity contribution in [1.82, 2.24) is 10.6 Å². The van der Waals surface area contributed by atoms with E-state index in [9.17, 15) is 4.79 Å². The van der Waals surface area contributed by atoms with Crippen molar-refractivity contribution in [3.8, 4) is 0 Å². The van der Waals surface area contributed by atoms with Crippen LogP contribution in [0.3, 0.4) is 0 Å². The van der Waals surface area contributed by atoms with E-state index < -0.39 is 0 Å². The van der Waals surface area contributed by atoms with Gasteiger partial charge in [-0.1, -0.05) is 33.7 Å². The van der Waals surface area contributed by atoms with Crippen LogP contribution in [0.1, 0.15) is 29.8 Å². The maximum absolute atomic E-state index is 12.1. The topological polar surface area (TPSA) is 41.1 Å². The number of rotatable bonds is 7. The molecule has 0 aliphatic rings. The lowest BCUT2D eigenvalue weighted by Crippen LogP contribution is -2.35. The number of hydrogen-bond donors (Lipinski definition) is 2. The minimum Gasteiger partial charge on any atom is -0.351 e. The summed E-state index contributed by atoms with van der Waals surface area (Å²) in [4.78, 5) is 12.1. The molecule has 0 fully saturated rings. The Balaban J connectivity index is 2.60. The van der Waals surface area contributed by atoms with Crippen LogP contribution in [0.5, 0.6) is 0 Å². The van der Waals surface area contributed by atoms with Gasteiger partial charge in [-0.3, -0.25) is 4.79 Å². The molecule has 0 aromatic heterocycles. The first-order valence-electron chi connectivity index (χ1n) is 6.22. The minimum absolute atomic E-state index is 0.00673. The van der Waals surface area contributed by atoms with Gasteiger partial charge in [0, 0.05) is 23.4 Å². The molecular formula is C14H22N2OS2. The van der Waals surface area contributed by atoms with E-state index in [1.54, 1.807) is 21.6 Å². The second kappa shape index (κ2) is 7.82. The van der Waals surface area contributed by atoms with Gasteiger partial charge in [-0.2, -0.15) is 0 Å². The number of amides is 1. The summed E-state index contributed by atoms with van der Waals surface area (Å²) in [5.41, 5.74) is 1.84. The van der Waals surface area contributed by atoms with Crippen LogP contribution in [0, 0.1) is 0 Å². The molecule has 2 N–H and O–H groups in total. The zero-order chi connectivity index (χ0) is 14.3. The Hall–Kier alpha value is -0.650. The monoisotopic (exact) mass is 298 g/mol. The fraction of sp³-hybridized carbons (Fsp3) is 0.500. The van der Waals surface area contributed by atoms with E-state index in [2.05, 4.69) is 30.7 Å². The molecule has 1 rings (SSSR count). The predicted octanol–water partition coefficient (Wildman–Crippen LogP) is 2.93. The fourth-order valence-electron chi connectivity index (χ4n) is 1.68. The molecule has 19 heavy (non-hydrogen) atoms. The number of carbonyl (C=O) groups excluding carboxylic acids is 1. The zero-order valence-corrected chi connectivity index (χ0v) is 13.6. The molecule has 106 valence electrons. The highest BCUT2D eigenvalue weighted by Gasteiger charge is 2.19. The third-order valence-corrected chi connectivity index (χ3v) is 5.17. The Morgan fingerprint density at radius 3 is 2.74 bits per heavy atom. The molecule has 0 radical (unpaired) electrons. The normalized spacial score (nSPS) is 11.4. The van der Waals surface area contributed by atoms with Crippen molar-refractivity contribution in [2.45, 2.75) is 25.1 Å². The molecule has 1 aromatic carbocycles. The van der Waals surface area contributed by atoms with Crippen molar-refractivity contribution >= 4 is 27.5 Å². The molecule has 5 heteroatoms. The van der Waals surface area contributed by atoms with Gasteiger partial charge in [0.15, 0.2) is 0 Å². The van der Waals surface area contributed by atoms with Crippen LogP contribution in [-0.4, -0.2) is 30.5 Å². The van der Waals surface area contributed by atoms with E-state index in [0.29, 0.717) is 6.54 Å². The van der Waals surface area contributed by atoms with Gasteiger partial charge in [-0.15, -0.1) is 0 Å². The van der Waals surface area contributed by atoms with E-state index in [1.807, 2.05) is 31.3 Å². The summed E-state index contributed by atoms with van der Waals surface area (Å²) in [5, 5.41) is 6.09. The Morgan fingerprint density at radius 2 is 2.11 bits per heavy atom. The summed E-state index contributed by atoms with van der Waals surface area (Å²) in [6.07, 6.45) is 2.05. The Morgan fingerprint density at radius 1 is 1.37 bits per heavy atom. The maximum Gasteiger partial charge on any atom is 0.251 e. The average molecular weight is 298 g/mol. The number of carbonyl (C=O) groups is 1. The Kier molecular flexibility index (Phi) is 6.75. The van der Waals surface area contributed by atoms with Crippen LogP contribution in [-0.2, 0) is 6.54 Å². The molecule has 0 saturated heterocycles. The summed E-state index contributed by atoms with van der Waals surface area (Å²) in [6, 6.07) is 7.72. The number of benzene rings is 1. The largest absolute Gasteiger partial charge is 0.351 e. The first kappa shape index (κ1) is 16.4. The smallest absolute Gasteiger partial charge is 0.251 e. The van der Waals surface area contributed by atoms with Crippen molar-refractivity contribution in [1.29, 1.82) is 0 Å². The zero-order valence-electron chi connectivity index (χ0n) is 11.9. The molecule has 0 unspecified atom stereocenters. The van der Waals surface area contributed by atoms with Gasteiger partial charge in [0.25, 0.3) is 5.91 Å². The molecule has 0 spiro atoms. The molecule has 3 nitrogen and oxygen atoms in total.